The molecule has 0 aliphatic carbocycles. The molecule has 1 heterocycles. The molecular weight excluding hydrogens is 398 g/mol. The number of carbonyl (C=O) groups excluding carboxylic acids is 1. The minimum Gasteiger partial charge on any atom is -0.326 e. The fourth-order valence-corrected chi connectivity index (χ4v) is 3.76. The number of nitrogens with zero attached hydrogens (tertiary/aromatic N) is 3. The second-order valence-corrected chi connectivity index (χ2v) is 8.11. The highest BCUT2D eigenvalue weighted by Gasteiger charge is 2.27. The van der Waals surface area contributed by atoms with E-state index in [1.165, 1.54) is 6.33 Å². The van der Waals surface area contributed by atoms with Crippen LogP contribution in [0, 0.1) is 13.8 Å². The van der Waals surface area contributed by atoms with E-state index in [9.17, 15) is 4.79 Å². The number of hydrogen-bond donors (Lipinski definition) is 2. The van der Waals surface area contributed by atoms with Gasteiger partial charge in [-0.25, -0.2) is 9.67 Å². The summed E-state index contributed by atoms with van der Waals surface area (Å²) in [5.74, 6) is -0.0315. The van der Waals surface area contributed by atoms with Gasteiger partial charge in [-0.1, -0.05) is 54.6 Å². The van der Waals surface area contributed by atoms with Crippen LogP contribution in [0.5, 0.6) is 0 Å². The lowest BCUT2D eigenvalue weighted by molar-refractivity contribution is -0.718. The molecule has 0 unspecified atom stereocenters. The van der Waals surface area contributed by atoms with E-state index in [-0.39, 0.29) is 18.0 Å². The Hall–Kier alpha value is -3.77. The van der Waals surface area contributed by atoms with Crippen molar-refractivity contribution in [3.8, 4) is 5.69 Å². The molecule has 3 aromatic carbocycles. The number of aryl methyl sites for hydroxylation is 2. The van der Waals surface area contributed by atoms with Gasteiger partial charge in [0.1, 0.15) is 18.7 Å². The number of quaternary nitrogens is 1. The predicted octanol–water partition coefficient (Wildman–Crippen LogP) is 3.89. The first-order valence-corrected chi connectivity index (χ1v) is 10.7. The summed E-state index contributed by atoms with van der Waals surface area (Å²) in [4.78, 5) is 17.4. The Kier molecular flexibility index (Phi) is 6.42. The zero-order chi connectivity index (χ0) is 22.5. The molecule has 0 aliphatic heterocycles. The first kappa shape index (κ1) is 21.5. The van der Waals surface area contributed by atoms with Crippen LogP contribution in [0.2, 0.25) is 0 Å². The molecule has 6 heteroatoms. The van der Waals surface area contributed by atoms with Gasteiger partial charge in [-0.05, 0) is 50.1 Å². The molecule has 32 heavy (non-hydrogen) atoms. The number of carbonyl (C=O) groups is 1. The number of anilines is 1. The van der Waals surface area contributed by atoms with E-state index in [1.807, 2.05) is 68.4 Å². The number of amides is 1. The molecule has 1 amide bonds. The summed E-state index contributed by atoms with van der Waals surface area (Å²) >= 11 is 0. The quantitative estimate of drug-likeness (QED) is 0.471. The van der Waals surface area contributed by atoms with Crippen molar-refractivity contribution in [2.75, 3.05) is 5.32 Å². The molecule has 6 nitrogen and oxygen atoms in total. The lowest BCUT2D eigenvalue weighted by Gasteiger charge is -2.21. The summed E-state index contributed by atoms with van der Waals surface area (Å²) < 4.78 is 1.72. The Morgan fingerprint density at radius 3 is 2.41 bits per heavy atom. The van der Waals surface area contributed by atoms with Crippen LogP contribution < -0.4 is 10.6 Å². The normalized spacial score (nSPS) is 12.8. The molecule has 3 N–H and O–H groups in total. The summed E-state index contributed by atoms with van der Waals surface area (Å²) in [7, 11) is 0. The molecule has 4 rings (SSSR count). The van der Waals surface area contributed by atoms with Crippen LogP contribution in [-0.2, 0) is 4.79 Å². The summed E-state index contributed by atoms with van der Waals surface area (Å²) in [5, 5.41) is 9.43. The van der Waals surface area contributed by atoms with Crippen molar-refractivity contribution in [3.05, 3.63) is 108 Å². The fourth-order valence-electron chi connectivity index (χ4n) is 3.76. The topological polar surface area (TPSA) is 76.4 Å². The van der Waals surface area contributed by atoms with Crippen molar-refractivity contribution < 1.29 is 10.1 Å². The molecule has 0 radical (unpaired) electrons. The predicted molar refractivity (Wildman–Crippen MR) is 125 cm³/mol. The monoisotopic (exact) mass is 426 g/mol. The Labute approximate surface area is 188 Å². The highest BCUT2D eigenvalue weighted by Crippen LogP contribution is 2.20. The molecule has 1 aromatic heterocycles. The van der Waals surface area contributed by atoms with E-state index < -0.39 is 0 Å². The van der Waals surface area contributed by atoms with E-state index in [0.29, 0.717) is 0 Å². The molecule has 0 spiro atoms. The van der Waals surface area contributed by atoms with Crippen LogP contribution in [0.3, 0.4) is 0 Å². The van der Waals surface area contributed by atoms with Crippen LogP contribution >= 0.6 is 0 Å². The van der Waals surface area contributed by atoms with E-state index in [2.05, 4.69) is 45.8 Å². The smallest absolute Gasteiger partial charge is 0.287 e. The lowest BCUT2D eigenvalue weighted by atomic mass is 10.0. The number of nitrogens with two attached hydrogens (primary N) is 1. The molecule has 0 bridgehead atoms. The number of aromatic nitrogens is 3. The first-order chi connectivity index (χ1) is 15.5. The highest BCUT2D eigenvalue weighted by atomic mass is 16.2. The number of benzene rings is 3. The van der Waals surface area contributed by atoms with E-state index >= 15 is 0 Å². The van der Waals surface area contributed by atoms with Crippen molar-refractivity contribution in [1.82, 2.24) is 14.8 Å². The number of nitrogens with one attached hydrogen (secondary N) is 1. The molecule has 4 aromatic rings. The minimum absolute atomic E-state index is 0.0315. The van der Waals surface area contributed by atoms with Gasteiger partial charge in [0.15, 0.2) is 6.04 Å². The van der Waals surface area contributed by atoms with Gasteiger partial charge in [-0.2, -0.15) is 5.10 Å². The van der Waals surface area contributed by atoms with E-state index in [1.54, 1.807) is 11.0 Å². The number of hydrogen-bond acceptors (Lipinski definition) is 3. The maximum absolute atomic E-state index is 13.4. The van der Waals surface area contributed by atoms with Gasteiger partial charge < -0.3 is 10.6 Å². The fraction of sp³-hybridized carbons (Fsp3) is 0.192. The molecular formula is C26H28N5O+. The lowest BCUT2D eigenvalue weighted by Crippen LogP contribution is -2.87. The summed E-state index contributed by atoms with van der Waals surface area (Å²) in [6.45, 7) is 6.15. The Morgan fingerprint density at radius 1 is 0.969 bits per heavy atom. The van der Waals surface area contributed by atoms with Gasteiger partial charge in [0.05, 0.1) is 5.69 Å². The average molecular weight is 427 g/mol. The van der Waals surface area contributed by atoms with Crippen molar-refractivity contribution in [3.63, 3.8) is 0 Å². The maximum atomic E-state index is 13.4. The van der Waals surface area contributed by atoms with Crippen LogP contribution in [0.15, 0.2) is 85.5 Å². The van der Waals surface area contributed by atoms with Gasteiger partial charge in [0.2, 0.25) is 0 Å². The third kappa shape index (κ3) is 4.92. The minimum atomic E-state index is -0.374. The molecule has 0 saturated heterocycles. The molecule has 0 aliphatic rings. The molecule has 2 atom stereocenters. The van der Waals surface area contributed by atoms with Crippen LogP contribution in [0.1, 0.15) is 41.3 Å². The first-order valence-electron chi connectivity index (χ1n) is 10.7. The zero-order valence-corrected chi connectivity index (χ0v) is 18.6. The third-order valence-corrected chi connectivity index (χ3v) is 5.68. The molecule has 162 valence electrons. The highest BCUT2D eigenvalue weighted by molar-refractivity contribution is 5.95. The SMILES string of the molecule is Cc1ccc(C)c(NC(=O)[C@H]([NH2+][C@@H](C)c2ccc(-n3cncn3)cc2)c2ccccc2)c1. The summed E-state index contributed by atoms with van der Waals surface area (Å²) in [6.07, 6.45) is 3.19. The Bertz CT molecular complexity index is 1170. The molecule has 0 fully saturated rings. The van der Waals surface area contributed by atoms with Crippen LogP contribution in [-0.4, -0.2) is 20.7 Å². The largest absolute Gasteiger partial charge is 0.326 e. The van der Waals surface area contributed by atoms with Gasteiger partial charge in [-0.3, -0.25) is 4.79 Å². The van der Waals surface area contributed by atoms with E-state index in [4.69, 9.17) is 0 Å². The zero-order valence-electron chi connectivity index (χ0n) is 18.6. The second kappa shape index (κ2) is 9.58. The van der Waals surface area contributed by atoms with Crippen LogP contribution in [0.25, 0.3) is 5.69 Å². The Balaban J connectivity index is 1.55. The summed E-state index contributed by atoms with van der Waals surface area (Å²) in [6, 6.07) is 23.9. The number of rotatable bonds is 7. The van der Waals surface area contributed by atoms with Gasteiger partial charge >= 0.3 is 0 Å². The van der Waals surface area contributed by atoms with E-state index in [0.717, 1.165) is 33.6 Å². The van der Waals surface area contributed by atoms with Gasteiger partial charge in [0, 0.05) is 16.8 Å². The van der Waals surface area contributed by atoms with Gasteiger partial charge in [0.25, 0.3) is 5.91 Å². The second-order valence-electron chi connectivity index (χ2n) is 8.11. The third-order valence-electron chi connectivity index (χ3n) is 5.68. The Morgan fingerprint density at radius 2 is 1.72 bits per heavy atom. The average Bonchev–Trinajstić information content (AvgIpc) is 3.35. The molecule has 0 saturated carbocycles. The van der Waals surface area contributed by atoms with Crippen molar-refractivity contribution >= 4 is 11.6 Å². The van der Waals surface area contributed by atoms with Crippen molar-refractivity contribution in [2.45, 2.75) is 32.9 Å². The summed E-state index contributed by atoms with van der Waals surface area (Å²) in [5.41, 5.74) is 6.08. The standard InChI is InChI=1S/C26H27N5O/c1-18-9-10-19(2)24(15-18)30-26(32)25(22-7-5-4-6-8-22)29-20(3)21-11-13-23(14-12-21)31-17-27-16-28-31/h4-17,20,25,29H,1-3H3,(H,30,32)/p+1/t20-,25+/m0/s1. The van der Waals surface area contributed by atoms with Gasteiger partial charge in [-0.15, -0.1) is 0 Å². The maximum Gasteiger partial charge on any atom is 0.287 e. The van der Waals surface area contributed by atoms with Crippen molar-refractivity contribution in [1.29, 1.82) is 0 Å². The van der Waals surface area contributed by atoms with Crippen LogP contribution in [0.4, 0.5) is 5.69 Å². The van der Waals surface area contributed by atoms with Crippen molar-refractivity contribution in [2.24, 2.45) is 0 Å².